The van der Waals surface area contributed by atoms with Crippen LogP contribution >= 0.6 is 0 Å². The summed E-state index contributed by atoms with van der Waals surface area (Å²) in [5.74, 6) is -1.25. The molecule has 0 saturated carbocycles. The summed E-state index contributed by atoms with van der Waals surface area (Å²) in [6.07, 6.45) is 1.29. The predicted molar refractivity (Wildman–Crippen MR) is 90.3 cm³/mol. The molecule has 2 rings (SSSR count). The van der Waals surface area contributed by atoms with Gasteiger partial charge in [0.25, 0.3) is 5.91 Å². The van der Waals surface area contributed by atoms with Crippen molar-refractivity contribution in [1.82, 2.24) is 10.2 Å². The van der Waals surface area contributed by atoms with E-state index >= 15 is 0 Å². The van der Waals surface area contributed by atoms with Gasteiger partial charge in [0.1, 0.15) is 0 Å². The molecular formula is C17H23F2N3O4. The molecule has 9 heteroatoms. The molecule has 0 radical (unpaired) electrons. The van der Waals surface area contributed by atoms with Crippen LogP contribution in [0.3, 0.4) is 0 Å². The van der Waals surface area contributed by atoms with Crippen molar-refractivity contribution in [3.63, 3.8) is 0 Å². The standard InChI is InChI=1S/C17H23F2N3O4/c1-25-13-6-2-5-12(14(13)26-17(18)19)16(24)22-9-3-4-11(10-22)15(23)21-8-7-20/h2,5-6,11,17H,3-4,7-10,20H2,1H3,(H,21,23). The van der Waals surface area contributed by atoms with Gasteiger partial charge in [-0.25, -0.2) is 0 Å². The van der Waals surface area contributed by atoms with E-state index in [4.69, 9.17) is 10.5 Å². The van der Waals surface area contributed by atoms with Gasteiger partial charge in [0.05, 0.1) is 18.6 Å². The molecule has 1 saturated heterocycles. The summed E-state index contributed by atoms with van der Waals surface area (Å²) in [5.41, 5.74) is 5.35. The monoisotopic (exact) mass is 371 g/mol. The Morgan fingerprint density at radius 3 is 2.85 bits per heavy atom. The summed E-state index contributed by atoms with van der Waals surface area (Å²) < 4.78 is 35.0. The molecule has 1 unspecified atom stereocenters. The second-order valence-corrected chi connectivity index (χ2v) is 5.89. The van der Waals surface area contributed by atoms with E-state index < -0.39 is 12.5 Å². The number of carbonyl (C=O) groups is 2. The Bertz CT molecular complexity index is 642. The van der Waals surface area contributed by atoms with E-state index in [0.717, 1.165) is 0 Å². The molecule has 1 heterocycles. The Balaban J connectivity index is 2.18. The Kier molecular flexibility index (Phi) is 7.14. The molecule has 0 aliphatic carbocycles. The molecule has 144 valence electrons. The number of rotatable bonds is 7. The highest BCUT2D eigenvalue weighted by molar-refractivity contribution is 5.98. The molecule has 1 fully saturated rings. The van der Waals surface area contributed by atoms with Crippen LogP contribution < -0.4 is 20.5 Å². The number of halogens is 2. The number of nitrogens with zero attached hydrogens (tertiary/aromatic N) is 1. The number of hydrogen-bond donors (Lipinski definition) is 2. The minimum absolute atomic E-state index is 0.0207. The number of likely N-dealkylation sites (tertiary alicyclic amines) is 1. The molecule has 1 aliphatic heterocycles. The molecule has 7 nitrogen and oxygen atoms in total. The fourth-order valence-corrected chi connectivity index (χ4v) is 2.94. The van der Waals surface area contributed by atoms with Crippen molar-refractivity contribution in [3.8, 4) is 11.5 Å². The normalized spacial score (nSPS) is 17.1. The molecule has 0 bridgehead atoms. The number of benzene rings is 1. The van der Waals surface area contributed by atoms with E-state index in [9.17, 15) is 18.4 Å². The fourth-order valence-electron chi connectivity index (χ4n) is 2.94. The smallest absolute Gasteiger partial charge is 0.387 e. The highest BCUT2D eigenvalue weighted by Crippen LogP contribution is 2.34. The van der Waals surface area contributed by atoms with Crippen molar-refractivity contribution >= 4 is 11.8 Å². The molecule has 1 aliphatic rings. The van der Waals surface area contributed by atoms with Gasteiger partial charge in [-0.15, -0.1) is 0 Å². The second kappa shape index (κ2) is 9.33. The minimum Gasteiger partial charge on any atom is -0.493 e. The molecule has 0 aromatic heterocycles. The number of amides is 2. The lowest BCUT2D eigenvalue weighted by atomic mass is 9.96. The first-order valence-corrected chi connectivity index (χ1v) is 8.36. The summed E-state index contributed by atoms with van der Waals surface area (Å²) in [6, 6.07) is 4.37. The van der Waals surface area contributed by atoms with E-state index in [1.165, 1.54) is 30.2 Å². The van der Waals surface area contributed by atoms with Gasteiger partial charge in [-0.05, 0) is 25.0 Å². The lowest BCUT2D eigenvalue weighted by Crippen LogP contribution is -2.46. The molecule has 0 spiro atoms. The van der Waals surface area contributed by atoms with E-state index in [2.05, 4.69) is 10.1 Å². The summed E-state index contributed by atoms with van der Waals surface area (Å²) in [5, 5.41) is 2.71. The van der Waals surface area contributed by atoms with E-state index in [1.54, 1.807) is 0 Å². The van der Waals surface area contributed by atoms with Gasteiger partial charge in [0.2, 0.25) is 5.91 Å². The molecule has 1 atom stereocenters. The summed E-state index contributed by atoms with van der Waals surface area (Å²) in [7, 11) is 1.31. The quantitative estimate of drug-likeness (QED) is 0.752. The first kappa shape index (κ1) is 19.9. The van der Waals surface area contributed by atoms with Crippen LogP contribution in [0.2, 0.25) is 0 Å². The highest BCUT2D eigenvalue weighted by Gasteiger charge is 2.31. The van der Waals surface area contributed by atoms with Crippen LogP contribution in [0.15, 0.2) is 18.2 Å². The summed E-state index contributed by atoms with van der Waals surface area (Å²) in [4.78, 5) is 26.4. The number of alkyl halides is 2. The first-order chi connectivity index (χ1) is 12.5. The van der Waals surface area contributed by atoms with Gasteiger partial charge in [0.15, 0.2) is 11.5 Å². The van der Waals surface area contributed by atoms with Crippen LogP contribution in [0.1, 0.15) is 23.2 Å². The van der Waals surface area contributed by atoms with Crippen LogP contribution in [0.4, 0.5) is 8.78 Å². The third-order valence-electron chi connectivity index (χ3n) is 4.16. The Labute approximate surface area is 150 Å². The van der Waals surface area contributed by atoms with E-state index in [1.807, 2.05) is 0 Å². The molecule has 2 amide bonds. The third-order valence-corrected chi connectivity index (χ3v) is 4.16. The SMILES string of the molecule is COc1cccc(C(=O)N2CCCC(C(=O)NCCN)C2)c1OC(F)F. The fraction of sp³-hybridized carbons (Fsp3) is 0.529. The van der Waals surface area contributed by atoms with Gasteiger partial charge in [0, 0.05) is 26.2 Å². The Morgan fingerprint density at radius 1 is 1.42 bits per heavy atom. The largest absolute Gasteiger partial charge is 0.493 e. The highest BCUT2D eigenvalue weighted by atomic mass is 19.3. The number of piperidine rings is 1. The number of nitrogens with one attached hydrogen (secondary N) is 1. The predicted octanol–water partition coefficient (Wildman–Crippen LogP) is 1.22. The first-order valence-electron chi connectivity index (χ1n) is 8.36. The Hall–Kier alpha value is -2.42. The van der Waals surface area contributed by atoms with Crippen molar-refractivity contribution in [2.45, 2.75) is 19.5 Å². The van der Waals surface area contributed by atoms with Crippen molar-refractivity contribution in [2.75, 3.05) is 33.3 Å². The number of carbonyl (C=O) groups excluding carboxylic acids is 2. The molecule has 1 aromatic carbocycles. The maximum atomic E-state index is 12.8. The second-order valence-electron chi connectivity index (χ2n) is 5.89. The van der Waals surface area contributed by atoms with Crippen molar-refractivity contribution < 1.29 is 27.8 Å². The van der Waals surface area contributed by atoms with E-state index in [0.29, 0.717) is 32.5 Å². The number of methoxy groups -OCH3 is 1. The maximum Gasteiger partial charge on any atom is 0.387 e. The van der Waals surface area contributed by atoms with Gasteiger partial charge in [-0.2, -0.15) is 8.78 Å². The zero-order chi connectivity index (χ0) is 19.1. The molecule has 26 heavy (non-hydrogen) atoms. The van der Waals surface area contributed by atoms with Crippen molar-refractivity contribution in [1.29, 1.82) is 0 Å². The summed E-state index contributed by atoms with van der Waals surface area (Å²) in [6.45, 7) is -1.75. The Morgan fingerprint density at radius 2 is 2.19 bits per heavy atom. The topological polar surface area (TPSA) is 93.9 Å². The van der Waals surface area contributed by atoms with Gasteiger partial charge < -0.3 is 25.4 Å². The lowest BCUT2D eigenvalue weighted by Gasteiger charge is -2.32. The number of ether oxygens (including phenoxy) is 2. The number of para-hydroxylation sites is 1. The van der Waals surface area contributed by atoms with Crippen LogP contribution in [-0.4, -0.2) is 56.6 Å². The average Bonchev–Trinajstić information content (AvgIpc) is 2.65. The van der Waals surface area contributed by atoms with Crippen LogP contribution in [-0.2, 0) is 4.79 Å². The maximum absolute atomic E-state index is 12.8. The van der Waals surface area contributed by atoms with E-state index in [-0.39, 0.29) is 35.4 Å². The van der Waals surface area contributed by atoms with Crippen molar-refractivity contribution in [3.05, 3.63) is 23.8 Å². The summed E-state index contributed by atoms with van der Waals surface area (Å²) >= 11 is 0. The van der Waals surface area contributed by atoms with Crippen LogP contribution in [0.5, 0.6) is 11.5 Å². The van der Waals surface area contributed by atoms with Gasteiger partial charge >= 0.3 is 6.61 Å². The lowest BCUT2D eigenvalue weighted by molar-refractivity contribution is -0.126. The number of hydrogen-bond acceptors (Lipinski definition) is 5. The zero-order valence-electron chi connectivity index (χ0n) is 14.5. The average molecular weight is 371 g/mol. The van der Waals surface area contributed by atoms with Gasteiger partial charge in [-0.1, -0.05) is 6.07 Å². The molecular weight excluding hydrogens is 348 g/mol. The van der Waals surface area contributed by atoms with Crippen LogP contribution in [0, 0.1) is 5.92 Å². The van der Waals surface area contributed by atoms with Crippen LogP contribution in [0.25, 0.3) is 0 Å². The van der Waals surface area contributed by atoms with Crippen molar-refractivity contribution in [2.24, 2.45) is 11.7 Å². The number of nitrogens with two attached hydrogens (primary N) is 1. The van der Waals surface area contributed by atoms with Gasteiger partial charge in [-0.3, -0.25) is 9.59 Å². The minimum atomic E-state index is -3.09. The third kappa shape index (κ3) is 4.81. The molecule has 3 N–H and O–H groups in total. The zero-order valence-corrected chi connectivity index (χ0v) is 14.5. The molecule has 1 aromatic rings.